The number of likely N-dealkylation sites (tertiary alicyclic amines) is 1. The largest absolute Gasteiger partial charge is 0.336 e. The molecule has 16 heavy (non-hydrogen) atoms. The lowest BCUT2D eigenvalue weighted by Crippen LogP contribution is -2.42. The Balaban J connectivity index is 2.14. The third kappa shape index (κ3) is 2.23. The fourth-order valence-corrected chi connectivity index (χ4v) is 2.16. The van der Waals surface area contributed by atoms with Crippen LogP contribution in [-0.2, 0) is 0 Å². The molecule has 1 aliphatic rings. The molecule has 0 aliphatic carbocycles. The Kier molecular flexibility index (Phi) is 3.22. The number of carbonyl (C=O) groups excluding carboxylic acids is 1. The molecule has 0 spiro atoms. The van der Waals surface area contributed by atoms with E-state index in [9.17, 15) is 9.18 Å². The second-order valence-electron chi connectivity index (χ2n) is 4.35. The number of carbonyl (C=O) groups is 1. The minimum absolute atomic E-state index is 0.0206. The average molecular weight is 221 g/mol. The van der Waals surface area contributed by atoms with Crippen LogP contribution in [0.2, 0.25) is 0 Å². The third-order valence-corrected chi connectivity index (χ3v) is 3.16. The lowest BCUT2D eigenvalue weighted by atomic mass is 10.0. The van der Waals surface area contributed by atoms with Gasteiger partial charge >= 0.3 is 0 Å². The van der Waals surface area contributed by atoms with Crippen molar-refractivity contribution in [2.24, 2.45) is 0 Å². The first-order chi connectivity index (χ1) is 7.68. The van der Waals surface area contributed by atoms with Crippen LogP contribution in [0.5, 0.6) is 0 Å². The van der Waals surface area contributed by atoms with Gasteiger partial charge < -0.3 is 4.90 Å². The maximum Gasteiger partial charge on any atom is 0.254 e. The number of piperidine rings is 1. The summed E-state index contributed by atoms with van der Waals surface area (Å²) in [6, 6.07) is 6.08. The Hall–Kier alpha value is -1.38. The van der Waals surface area contributed by atoms with Crippen molar-refractivity contribution in [2.45, 2.75) is 32.2 Å². The molecule has 0 N–H and O–H groups in total. The third-order valence-electron chi connectivity index (χ3n) is 3.16. The number of rotatable bonds is 1. The molecule has 0 saturated carbocycles. The Labute approximate surface area is 95.1 Å². The second-order valence-corrected chi connectivity index (χ2v) is 4.35. The van der Waals surface area contributed by atoms with Gasteiger partial charge in [0.15, 0.2) is 0 Å². The summed E-state index contributed by atoms with van der Waals surface area (Å²) in [7, 11) is 0. The molecule has 0 bridgehead atoms. The van der Waals surface area contributed by atoms with Crippen molar-refractivity contribution in [2.75, 3.05) is 6.54 Å². The zero-order valence-electron chi connectivity index (χ0n) is 9.45. The molecule has 1 saturated heterocycles. The van der Waals surface area contributed by atoms with Crippen molar-refractivity contribution in [3.05, 3.63) is 35.6 Å². The van der Waals surface area contributed by atoms with E-state index in [1.807, 2.05) is 4.90 Å². The van der Waals surface area contributed by atoms with Gasteiger partial charge in [0, 0.05) is 18.2 Å². The van der Waals surface area contributed by atoms with Gasteiger partial charge in [0.05, 0.1) is 0 Å². The van der Waals surface area contributed by atoms with E-state index in [1.165, 1.54) is 18.6 Å². The molecule has 3 heteroatoms. The first-order valence-corrected chi connectivity index (χ1v) is 5.75. The summed E-state index contributed by atoms with van der Waals surface area (Å²) in [5.74, 6) is -0.282. The Morgan fingerprint density at radius 1 is 1.31 bits per heavy atom. The van der Waals surface area contributed by atoms with E-state index < -0.39 is 0 Å². The smallest absolute Gasteiger partial charge is 0.254 e. The van der Waals surface area contributed by atoms with E-state index in [1.54, 1.807) is 12.1 Å². The molecule has 0 unspecified atom stereocenters. The SMILES string of the molecule is C[C@H]1CCCCN1C(=O)c1ccc(F)cc1. The van der Waals surface area contributed by atoms with E-state index in [2.05, 4.69) is 6.92 Å². The first kappa shape index (κ1) is 11.1. The molecule has 1 amide bonds. The summed E-state index contributed by atoms with van der Waals surface area (Å²) >= 11 is 0. The fourth-order valence-electron chi connectivity index (χ4n) is 2.16. The van der Waals surface area contributed by atoms with Gasteiger partial charge in [-0.25, -0.2) is 4.39 Å². The standard InChI is InChI=1S/C13H16FNO/c1-10-4-2-3-9-15(10)13(16)11-5-7-12(14)8-6-11/h5-8,10H,2-4,9H2,1H3/t10-/m0/s1. The lowest BCUT2D eigenvalue weighted by molar-refractivity contribution is 0.0635. The van der Waals surface area contributed by atoms with E-state index >= 15 is 0 Å². The summed E-state index contributed by atoms with van der Waals surface area (Å²) in [6.07, 6.45) is 3.32. The summed E-state index contributed by atoms with van der Waals surface area (Å²) in [6.45, 7) is 2.89. The summed E-state index contributed by atoms with van der Waals surface area (Å²) in [4.78, 5) is 14.0. The number of nitrogens with zero attached hydrogens (tertiary/aromatic N) is 1. The molecule has 1 aliphatic heterocycles. The molecule has 1 aromatic carbocycles. The van der Waals surface area contributed by atoms with Crippen LogP contribution in [0.1, 0.15) is 36.5 Å². The van der Waals surface area contributed by atoms with Crippen LogP contribution < -0.4 is 0 Å². The van der Waals surface area contributed by atoms with Gasteiger partial charge in [-0.05, 0) is 50.5 Å². The topological polar surface area (TPSA) is 20.3 Å². The summed E-state index contributed by atoms with van der Waals surface area (Å²) in [5, 5.41) is 0. The molecule has 0 aromatic heterocycles. The van der Waals surface area contributed by atoms with Crippen molar-refractivity contribution in [1.82, 2.24) is 4.90 Å². The Bertz CT molecular complexity index is 374. The van der Waals surface area contributed by atoms with Crippen molar-refractivity contribution in [1.29, 1.82) is 0 Å². The highest BCUT2D eigenvalue weighted by Crippen LogP contribution is 2.19. The zero-order valence-corrected chi connectivity index (χ0v) is 9.45. The van der Waals surface area contributed by atoms with E-state index in [-0.39, 0.29) is 11.7 Å². The molecule has 0 radical (unpaired) electrons. The molecular formula is C13H16FNO. The van der Waals surface area contributed by atoms with Crippen LogP contribution in [0.4, 0.5) is 4.39 Å². The normalized spacial score (nSPS) is 20.9. The van der Waals surface area contributed by atoms with Crippen LogP contribution in [0.3, 0.4) is 0 Å². The summed E-state index contributed by atoms with van der Waals surface area (Å²) < 4.78 is 12.7. The Morgan fingerprint density at radius 3 is 2.62 bits per heavy atom. The van der Waals surface area contributed by atoms with Crippen molar-refractivity contribution < 1.29 is 9.18 Å². The van der Waals surface area contributed by atoms with Crippen molar-refractivity contribution in [3.63, 3.8) is 0 Å². The molecular weight excluding hydrogens is 205 g/mol. The second kappa shape index (κ2) is 4.64. The predicted molar refractivity (Wildman–Crippen MR) is 60.7 cm³/mol. The van der Waals surface area contributed by atoms with Crippen molar-refractivity contribution >= 4 is 5.91 Å². The monoisotopic (exact) mass is 221 g/mol. The molecule has 1 heterocycles. The van der Waals surface area contributed by atoms with Gasteiger partial charge in [0.25, 0.3) is 5.91 Å². The molecule has 2 nitrogen and oxygen atoms in total. The Morgan fingerprint density at radius 2 is 2.00 bits per heavy atom. The molecule has 2 rings (SSSR count). The highest BCUT2D eigenvalue weighted by Gasteiger charge is 2.23. The zero-order chi connectivity index (χ0) is 11.5. The average Bonchev–Trinajstić information content (AvgIpc) is 2.30. The van der Waals surface area contributed by atoms with Crippen LogP contribution in [0, 0.1) is 5.82 Å². The number of amides is 1. The van der Waals surface area contributed by atoms with Gasteiger partial charge in [0.1, 0.15) is 5.82 Å². The number of hydrogen-bond donors (Lipinski definition) is 0. The maximum atomic E-state index is 12.7. The number of hydrogen-bond acceptors (Lipinski definition) is 1. The maximum absolute atomic E-state index is 12.7. The molecule has 1 aromatic rings. The van der Waals surface area contributed by atoms with Gasteiger partial charge in [-0.2, -0.15) is 0 Å². The summed E-state index contributed by atoms with van der Waals surface area (Å²) in [5.41, 5.74) is 0.579. The van der Waals surface area contributed by atoms with Crippen LogP contribution in [-0.4, -0.2) is 23.4 Å². The van der Waals surface area contributed by atoms with E-state index in [0.29, 0.717) is 11.6 Å². The lowest BCUT2D eigenvalue weighted by Gasteiger charge is -2.33. The van der Waals surface area contributed by atoms with Gasteiger partial charge in [0.2, 0.25) is 0 Å². The fraction of sp³-hybridized carbons (Fsp3) is 0.462. The van der Waals surface area contributed by atoms with E-state index in [0.717, 1.165) is 19.4 Å². The highest BCUT2D eigenvalue weighted by atomic mass is 19.1. The number of benzene rings is 1. The first-order valence-electron chi connectivity index (χ1n) is 5.75. The van der Waals surface area contributed by atoms with E-state index in [4.69, 9.17) is 0 Å². The van der Waals surface area contributed by atoms with Crippen LogP contribution in [0.15, 0.2) is 24.3 Å². The van der Waals surface area contributed by atoms with Crippen LogP contribution in [0.25, 0.3) is 0 Å². The van der Waals surface area contributed by atoms with Crippen LogP contribution >= 0.6 is 0 Å². The van der Waals surface area contributed by atoms with Gasteiger partial charge in [-0.3, -0.25) is 4.79 Å². The minimum atomic E-state index is -0.303. The minimum Gasteiger partial charge on any atom is -0.336 e. The quantitative estimate of drug-likeness (QED) is 0.714. The van der Waals surface area contributed by atoms with Gasteiger partial charge in [-0.15, -0.1) is 0 Å². The highest BCUT2D eigenvalue weighted by molar-refractivity contribution is 5.94. The number of halogens is 1. The molecule has 1 atom stereocenters. The predicted octanol–water partition coefficient (Wildman–Crippen LogP) is 2.84. The molecule has 86 valence electrons. The van der Waals surface area contributed by atoms with Crippen molar-refractivity contribution in [3.8, 4) is 0 Å². The molecule has 1 fully saturated rings. The van der Waals surface area contributed by atoms with Gasteiger partial charge in [-0.1, -0.05) is 0 Å².